The van der Waals surface area contributed by atoms with Crippen LogP contribution in [0, 0.1) is 0 Å². The Morgan fingerprint density at radius 3 is 2.76 bits per heavy atom. The maximum Gasteiger partial charge on any atom is 0.141 e. The lowest BCUT2D eigenvalue weighted by atomic mass is 10.1. The summed E-state index contributed by atoms with van der Waals surface area (Å²) in [7, 11) is 0. The molecule has 1 aliphatic heterocycles. The molecule has 2 aromatic rings. The first kappa shape index (κ1) is 10.4. The Kier molecular flexibility index (Phi) is 2.61. The maximum atomic E-state index is 10.5. The van der Waals surface area contributed by atoms with Gasteiger partial charge in [-0.25, -0.2) is 0 Å². The van der Waals surface area contributed by atoms with Crippen LogP contribution < -0.4 is 4.74 Å². The van der Waals surface area contributed by atoms with Gasteiger partial charge in [-0.15, -0.1) is 0 Å². The molecule has 2 aromatic carbocycles. The van der Waals surface area contributed by atoms with Gasteiger partial charge in [0.05, 0.1) is 9.79 Å². The van der Waals surface area contributed by atoms with Crippen molar-refractivity contribution in [2.75, 3.05) is 0 Å². The van der Waals surface area contributed by atoms with Crippen LogP contribution in [0.1, 0.15) is 5.56 Å². The molecule has 0 aromatic heterocycles. The second-order valence-corrected chi connectivity index (χ2v) is 4.89. The fourth-order valence-electron chi connectivity index (χ4n) is 1.80. The molecule has 1 heterocycles. The average Bonchev–Trinajstić information content (AvgIpc) is 2.36. The third kappa shape index (κ3) is 1.94. The first-order valence-electron chi connectivity index (χ1n) is 5.38. The molecule has 3 rings (SSSR count). The minimum Gasteiger partial charge on any atom is -0.455 e. The van der Waals surface area contributed by atoms with Crippen LogP contribution in [-0.2, 0) is 11.2 Å². The van der Waals surface area contributed by atoms with Crippen LogP contribution in [-0.4, -0.2) is 6.29 Å². The van der Waals surface area contributed by atoms with Crippen LogP contribution in [0.2, 0.25) is 0 Å². The molecule has 3 heteroatoms. The zero-order valence-electron chi connectivity index (χ0n) is 9.05. The van der Waals surface area contributed by atoms with Gasteiger partial charge in [-0.1, -0.05) is 30.0 Å². The van der Waals surface area contributed by atoms with E-state index in [1.807, 2.05) is 42.5 Å². The van der Waals surface area contributed by atoms with E-state index < -0.39 is 0 Å². The minimum atomic E-state index is 0.433. The minimum absolute atomic E-state index is 0.433. The largest absolute Gasteiger partial charge is 0.455 e. The van der Waals surface area contributed by atoms with Gasteiger partial charge in [0.15, 0.2) is 0 Å². The fraction of sp³-hybridized carbons (Fsp3) is 0.0714. The summed E-state index contributed by atoms with van der Waals surface area (Å²) in [6.07, 6.45) is 1.34. The highest BCUT2D eigenvalue weighted by molar-refractivity contribution is 7.99. The molecule has 2 nitrogen and oxygen atoms in total. The second-order valence-electron chi connectivity index (χ2n) is 3.80. The van der Waals surface area contributed by atoms with Crippen molar-refractivity contribution in [3.8, 4) is 11.5 Å². The normalized spacial score (nSPS) is 12.2. The number of benzene rings is 2. The second kappa shape index (κ2) is 4.26. The Morgan fingerprint density at radius 2 is 1.88 bits per heavy atom. The van der Waals surface area contributed by atoms with Gasteiger partial charge in [0.2, 0.25) is 0 Å². The molecule has 0 saturated carbocycles. The SMILES string of the molecule is O=CCc1ccc2c(c1)Oc1ccccc1S2. The van der Waals surface area contributed by atoms with Crippen molar-refractivity contribution in [2.24, 2.45) is 0 Å². The monoisotopic (exact) mass is 242 g/mol. The van der Waals surface area contributed by atoms with Gasteiger partial charge in [-0.3, -0.25) is 0 Å². The van der Waals surface area contributed by atoms with Crippen molar-refractivity contribution in [3.63, 3.8) is 0 Å². The van der Waals surface area contributed by atoms with Crippen LogP contribution in [0.15, 0.2) is 52.3 Å². The van der Waals surface area contributed by atoms with Gasteiger partial charge in [0.25, 0.3) is 0 Å². The summed E-state index contributed by atoms with van der Waals surface area (Å²) in [5, 5.41) is 0. The van der Waals surface area contributed by atoms with E-state index in [2.05, 4.69) is 0 Å². The third-order valence-electron chi connectivity index (χ3n) is 2.62. The van der Waals surface area contributed by atoms with Crippen molar-refractivity contribution in [2.45, 2.75) is 16.2 Å². The Labute approximate surface area is 104 Å². The Bertz CT molecular complexity index is 578. The Morgan fingerprint density at radius 1 is 1.06 bits per heavy atom. The van der Waals surface area contributed by atoms with E-state index in [-0.39, 0.29) is 0 Å². The molecule has 1 aliphatic rings. The standard InChI is InChI=1S/C14H10O2S/c15-8-7-10-5-6-14-12(9-10)16-11-3-1-2-4-13(11)17-14/h1-6,8-9H,7H2. The summed E-state index contributed by atoms with van der Waals surface area (Å²) in [4.78, 5) is 12.7. The predicted molar refractivity (Wildman–Crippen MR) is 66.8 cm³/mol. The molecular weight excluding hydrogens is 232 g/mol. The van der Waals surface area contributed by atoms with Crippen LogP contribution in [0.4, 0.5) is 0 Å². The molecule has 84 valence electrons. The molecule has 0 spiro atoms. The molecule has 0 radical (unpaired) electrons. The highest BCUT2D eigenvalue weighted by atomic mass is 32.2. The number of carbonyl (C=O) groups is 1. The number of ether oxygens (including phenoxy) is 1. The van der Waals surface area contributed by atoms with Crippen molar-refractivity contribution < 1.29 is 9.53 Å². The highest BCUT2D eigenvalue weighted by Gasteiger charge is 2.17. The summed E-state index contributed by atoms with van der Waals surface area (Å²) in [5.74, 6) is 1.72. The van der Waals surface area contributed by atoms with Gasteiger partial charge in [-0.2, -0.15) is 0 Å². The number of hydrogen-bond acceptors (Lipinski definition) is 3. The summed E-state index contributed by atoms with van der Waals surface area (Å²) in [6, 6.07) is 13.9. The molecule has 0 atom stereocenters. The highest BCUT2D eigenvalue weighted by Crippen LogP contribution is 2.46. The Hall–Kier alpha value is -1.74. The Balaban J connectivity index is 2.00. The van der Waals surface area contributed by atoms with Crippen molar-refractivity contribution in [1.29, 1.82) is 0 Å². The summed E-state index contributed by atoms with van der Waals surface area (Å²) in [5.41, 5.74) is 0.985. The number of hydrogen-bond donors (Lipinski definition) is 0. The molecule has 0 aliphatic carbocycles. The maximum absolute atomic E-state index is 10.5. The van der Waals surface area contributed by atoms with Gasteiger partial charge in [-0.05, 0) is 29.8 Å². The lowest BCUT2D eigenvalue weighted by molar-refractivity contribution is -0.107. The van der Waals surface area contributed by atoms with Gasteiger partial charge < -0.3 is 9.53 Å². The lowest BCUT2D eigenvalue weighted by Crippen LogP contribution is -1.96. The van der Waals surface area contributed by atoms with Crippen LogP contribution >= 0.6 is 11.8 Å². The molecule has 0 fully saturated rings. The molecule has 0 bridgehead atoms. The first-order valence-corrected chi connectivity index (χ1v) is 6.20. The third-order valence-corrected chi connectivity index (χ3v) is 3.73. The van der Waals surface area contributed by atoms with Crippen molar-refractivity contribution in [3.05, 3.63) is 48.0 Å². The number of aldehydes is 1. The van der Waals surface area contributed by atoms with E-state index in [1.165, 1.54) is 0 Å². The number of para-hydroxylation sites is 1. The fourth-order valence-corrected chi connectivity index (χ4v) is 2.73. The topological polar surface area (TPSA) is 26.3 Å². The van der Waals surface area contributed by atoms with Crippen LogP contribution in [0.3, 0.4) is 0 Å². The number of fused-ring (bicyclic) bond motifs is 2. The van der Waals surface area contributed by atoms with E-state index >= 15 is 0 Å². The molecule has 0 N–H and O–H groups in total. The quantitative estimate of drug-likeness (QED) is 0.641. The van der Waals surface area contributed by atoms with Gasteiger partial charge in [0, 0.05) is 6.42 Å². The summed E-state index contributed by atoms with van der Waals surface area (Å²) >= 11 is 1.70. The van der Waals surface area contributed by atoms with E-state index in [1.54, 1.807) is 11.8 Å². The number of carbonyl (C=O) groups excluding carboxylic acids is 1. The van der Waals surface area contributed by atoms with E-state index in [0.717, 1.165) is 33.1 Å². The van der Waals surface area contributed by atoms with Crippen LogP contribution in [0.25, 0.3) is 0 Å². The van der Waals surface area contributed by atoms with Crippen molar-refractivity contribution in [1.82, 2.24) is 0 Å². The first-order chi connectivity index (χ1) is 8.36. The zero-order chi connectivity index (χ0) is 11.7. The number of rotatable bonds is 2. The van der Waals surface area contributed by atoms with Crippen LogP contribution in [0.5, 0.6) is 11.5 Å². The summed E-state index contributed by atoms with van der Waals surface area (Å²) in [6.45, 7) is 0. The zero-order valence-corrected chi connectivity index (χ0v) is 9.87. The van der Waals surface area contributed by atoms with E-state index in [9.17, 15) is 4.79 Å². The molecular formula is C14H10O2S. The predicted octanol–water partition coefficient (Wildman–Crippen LogP) is 3.68. The molecule has 17 heavy (non-hydrogen) atoms. The molecule has 0 unspecified atom stereocenters. The van der Waals surface area contributed by atoms with E-state index in [0.29, 0.717) is 6.42 Å². The van der Waals surface area contributed by atoms with E-state index in [4.69, 9.17) is 4.74 Å². The lowest BCUT2D eigenvalue weighted by Gasteiger charge is -2.19. The van der Waals surface area contributed by atoms with Gasteiger partial charge >= 0.3 is 0 Å². The molecule has 0 saturated heterocycles. The summed E-state index contributed by atoms with van der Waals surface area (Å²) < 4.78 is 5.83. The van der Waals surface area contributed by atoms with Crippen molar-refractivity contribution >= 4 is 18.0 Å². The molecule has 0 amide bonds. The smallest absolute Gasteiger partial charge is 0.141 e. The average molecular weight is 242 g/mol. The van der Waals surface area contributed by atoms with Gasteiger partial charge in [0.1, 0.15) is 17.8 Å².